The van der Waals surface area contributed by atoms with Gasteiger partial charge in [-0.25, -0.2) is 9.67 Å². The van der Waals surface area contributed by atoms with Crippen LogP contribution in [0.25, 0.3) is 5.69 Å². The Kier molecular flexibility index (Phi) is 5.73. The van der Waals surface area contributed by atoms with Gasteiger partial charge in [-0.05, 0) is 37.3 Å². The van der Waals surface area contributed by atoms with Crippen LogP contribution in [0.3, 0.4) is 0 Å². The van der Waals surface area contributed by atoms with Crippen molar-refractivity contribution in [2.45, 2.75) is 44.2 Å². The smallest absolute Gasteiger partial charge is 0.209 e. The molecule has 0 spiro atoms. The lowest BCUT2D eigenvalue weighted by molar-refractivity contribution is 0.138. The molecule has 0 N–H and O–H groups in total. The monoisotopic (exact) mass is 331 g/mol. The topological polar surface area (TPSA) is 39.9 Å². The number of para-hydroxylation sites is 1. The molecule has 4 nitrogen and oxygen atoms in total. The molecule has 0 saturated heterocycles. The minimum Gasteiger partial charge on any atom is -0.381 e. The highest BCUT2D eigenvalue weighted by atomic mass is 32.2. The van der Waals surface area contributed by atoms with Crippen LogP contribution in [0, 0.1) is 5.92 Å². The van der Waals surface area contributed by atoms with Gasteiger partial charge in [-0.15, -0.1) is 5.10 Å². The molecule has 1 aliphatic rings. The molecule has 0 bridgehead atoms. The van der Waals surface area contributed by atoms with Crippen molar-refractivity contribution >= 4 is 11.8 Å². The summed E-state index contributed by atoms with van der Waals surface area (Å²) in [6.07, 6.45) is 3.58. The fourth-order valence-corrected chi connectivity index (χ4v) is 3.02. The van der Waals surface area contributed by atoms with Gasteiger partial charge in [0.15, 0.2) is 0 Å². The molecule has 0 radical (unpaired) electrons. The molecule has 1 aliphatic carbocycles. The Hall–Kier alpha value is -1.33. The van der Waals surface area contributed by atoms with Crippen molar-refractivity contribution in [1.29, 1.82) is 0 Å². The Bertz CT molecular complexity index is 608. The highest BCUT2D eigenvalue weighted by Gasteiger charge is 2.30. The van der Waals surface area contributed by atoms with Crippen molar-refractivity contribution in [3.05, 3.63) is 36.2 Å². The maximum absolute atomic E-state index is 5.66. The van der Waals surface area contributed by atoms with Gasteiger partial charge in [0.25, 0.3) is 0 Å². The Morgan fingerprint density at radius 1 is 1.22 bits per heavy atom. The van der Waals surface area contributed by atoms with Crippen molar-refractivity contribution in [2.24, 2.45) is 5.92 Å². The second-order valence-corrected chi connectivity index (χ2v) is 7.48. The fraction of sp³-hybridized carbons (Fsp3) is 0.556. The van der Waals surface area contributed by atoms with Gasteiger partial charge in [-0.3, -0.25) is 0 Å². The summed E-state index contributed by atoms with van der Waals surface area (Å²) in [4.78, 5) is 4.75. The van der Waals surface area contributed by atoms with Crippen molar-refractivity contribution in [3.8, 4) is 5.69 Å². The highest BCUT2D eigenvalue weighted by Crippen LogP contribution is 2.40. The third-order valence-electron chi connectivity index (χ3n) is 3.85. The molecule has 23 heavy (non-hydrogen) atoms. The Morgan fingerprint density at radius 3 is 2.70 bits per heavy atom. The van der Waals surface area contributed by atoms with E-state index < -0.39 is 0 Å². The molecular formula is C18H25N3OS. The minimum atomic E-state index is 0.583. The van der Waals surface area contributed by atoms with Crippen LogP contribution >= 0.6 is 11.8 Å². The van der Waals surface area contributed by atoms with Crippen LogP contribution in [0.5, 0.6) is 0 Å². The number of nitrogens with zero attached hydrogens (tertiary/aromatic N) is 3. The van der Waals surface area contributed by atoms with E-state index in [1.54, 1.807) is 11.8 Å². The van der Waals surface area contributed by atoms with E-state index >= 15 is 0 Å². The zero-order valence-corrected chi connectivity index (χ0v) is 14.8. The first-order chi connectivity index (χ1) is 11.2. The third kappa shape index (κ3) is 4.82. The maximum Gasteiger partial charge on any atom is 0.209 e. The lowest BCUT2D eigenvalue weighted by atomic mass is 10.1. The summed E-state index contributed by atoms with van der Waals surface area (Å²) in [5.74, 6) is 3.30. The number of ether oxygens (including phenoxy) is 1. The van der Waals surface area contributed by atoms with E-state index in [0.29, 0.717) is 11.8 Å². The molecule has 0 amide bonds. The van der Waals surface area contributed by atoms with Gasteiger partial charge in [-0.2, -0.15) is 0 Å². The van der Waals surface area contributed by atoms with Crippen LogP contribution in [-0.2, 0) is 4.74 Å². The van der Waals surface area contributed by atoms with Gasteiger partial charge in [0.2, 0.25) is 5.16 Å². The molecular weight excluding hydrogens is 306 g/mol. The molecule has 1 fully saturated rings. The number of benzene rings is 1. The van der Waals surface area contributed by atoms with Gasteiger partial charge in [0.1, 0.15) is 5.82 Å². The molecule has 0 atom stereocenters. The molecule has 5 heteroatoms. The third-order valence-corrected chi connectivity index (χ3v) is 4.66. The summed E-state index contributed by atoms with van der Waals surface area (Å²) in [7, 11) is 0. The lowest BCUT2D eigenvalue weighted by Gasteiger charge is -2.05. The van der Waals surface area contributed by atoms with Crippen LogP contribution in [0.4, 0.5) is 0 Å². The molecule has 1 aromatic carbocycles. The number of hydrogen-bond donors (Lipinski definition) is 0. The zero-order chi connectivity index (χ0) is 16.1. The number of thioether (sulfide) groups is 1. The van der Waals surface area contributed by atoms with E-state index in [1.807, 2.05) is 22.9 Å². The van der Waals surface area contributed by atoms with Gasteiger partial charge in [0, 0.05) is 18.3 Å². The van der Waals surface area contributed by atoms with E-state index in [9.17, 15) is 0 Å². The Morgan fingerprint density at radius 2 is 2.00 bits per heavy atom. The van der Waals surface area contributed by atoms with E-state index in [1.165, 1.54) is 12.8 Å². The van der Waals surface area contributed by atoms with Gasteiger partial charge in [-0.1, -0.05) is 43.8 Å². The number of rotatable bonds is 9. The summed E-state index contributed by atoms with van der Waals surface area (Å²) < 4.78 is 7.68. The Labute approximate surface area is 142 Å². The van der Waals surface area contributed by atoms with Crippen molar-refractivity contribution in [1.82, 2.24) is 14.8 Å². The molecule has 2 aromatic rings. The van der Waals surface area contributed by atoms with E-state index in [2.05, 4.69) is 26.0 Å². The highest BCUT2D eigenvalue weighted by molar-refractivity contribution is 7.99. The van der Waals surface area contributed by atoms with E-state index in [-0.39, 0.29) is 0 Å². The predicted molar refractivity (Wildman–Crippen MR) is 94.3 cm³/mol. The molecule has 0 unspecified atom stereocenters. The molecule has 1 heterocycles. The van der Waals surface area contributed by atoms with Crippen molar-refractivity contribution in [2.75, 3.05) is 19.0 Å². The van der Waals surface area contributed by atoms with Gasteiger partial charge >= 0.3 is 0 Å². The maximum atomic E-state index is 5.66. The summed E-state index contributed by atoms with van der Waals surface area (Å²) in [5.41, 5.74) is 1.10. The van der Waals surface area contributed by atoms with E-state index in [0.717, 1.165) is 42.1 Å². The SMILES string of the molecule is CC(C)CCOCCSc1nc(C2CC2)n(-c2ccccc2)n1. The van der Waals surface area contributed by atoms with Crippen LogP contribution in [-0.4, -0.2) is 33.7 Å². The summed E-state index contributed by atoms with van der Waals surface area (Å²) in [6.45, 7) is 6.04. The van der Waals surface area contributed by atoms with Crippen LogP contribution < -0.4 is 0 Å². The normalized spacial score (nSPS) is 14.6. The predicted octanol–water partition coefficient (Wildman–Crippen LogP) is 4.30. The number of hydrogen-bond acceptors (Lipinski definition) is 4. The summed E-state index contributed by atoms with van der Waals surface area (Å²) in [6, 6.07) is 10.3. The van der Waals surface area contributed by atoms with Crippen molar-refractivity contribution < 1.29 is 4.74 Å². The molecule has 0 aliphatic heterocycles. The molecule has 124 valence electrons. The average Bonchev–Trinajstić information content (AvgIpc) is 3.31. The molecule has 3 rings (SSSR count). The molecule has 1 saturated carbocycles. The van der Waals surface area contributed by atoms with Gasteiger partial charge in [0.05, 0.1) is 12.3 Å². The standard InChI is InChI=1S/C18H25N3OS/c1-14(2)10-11-22-12-13-23-18-19-17(15-8-9-15)21(20-18)16-6-4-3-5-7-16/h3-7,14-15H,8-13H2,1-2H3. The largest absolute Gasteiger partial charge is 0.381 e. The second kappa shape index (κ2) is 7.97. The first-order valence-electron chi connectivity index (χ1n) is 8.47. The van der Waals surface area contributed by atoms with E-state index in [4.69, 9.17) is 14.8 Å². The fourth-order valence-electron chi connectivity index (χ4n) is 2.34. The average molecular weight is 331 g/mol. The second-order valence-electron chi connectivity index (χ2n) is 6.42. The first-order valence-corrected chi connectivity index (χ1v) is 9.45. The van der Waals surface area contributed by atoms with Gasteiger partial charge < -0.3 is 4.74 Å². The van der Waals surface area contributed by atoms with Crippen LogP contribution in [0.2, 0.25) is 0 Å². The zero-order valence-electron chi connectivity index (χ0n) is 13.9. The first kappa shape index (κ1) is 16.5. The number of aromatic nitrogens is 3. The Balaban J connectivity index is 1.56. The quantitative estimate of drug-likeness (QED) is 0.507. The summed E-state index contributed by atoms with van der Waals surface area (Å²) >= 11 is 1.69. The minimum absolute atomic E-state index is 0.583. The van der Waals surface area contributed by atoms with Crippen LogP contribution in [0.1, 0.15) is 44.9 Å². The van der Waals surface area contributed by atoms with Crippen molar-refractivity contribution in [3.63, 3.8) is 0 Å². The molecule has 1 aromatic heterocycles. The van der Waals surface area contributed by atoms with Crippen LogP contribution in [0.15, 0.2) is 35.5 Å². The lowest BCUT2D eigenvalue weighted by Crippen LogP contribution is -2.02. The summed E-state index contributed by atoms with van der Waals surface area (Å²) in [5, 5.41) is 5.56.